The lowest BCUT2D eigenvalue weighted by atomic mass is 10.1. The van der Waals surface area contributed by atoms with E-state index in [1.807, 2.05) is 35.2 Å². The monoisotopic (exact) mass is 366 g/mol. The zero-order valence-electron chi connectivity index (χ0n) is 16.1. The molecule has 0 saturated carbocycles. The number of rotatable bonds is 9. The highest BCUT2D eigenvalue weighted by atomic mass is 16.5. The van der Waals surface area contributed by atoms with Crippen molar-refractivity contribution in [3.05, 3.63) is 72.6 Å². The Balaban J connectivity index is 1.72. The third-order valence-electron chi connectivity index (χ3n) is 4.68. The summed E-state index contributed by atoms with van der Waals surface area (Å²) >= 11 is 0. The maximum Gasteiger partial charge on any atom is 0.165 e. The number of imidazole rings is 1. The van der Waals surface area contributed by atoms with E-state index in [0.29, 0.717) is 6.61 Å². The molecule has 0 aliphatic rings. The first-order valence-electron chi connectivity index (χ1n) is 9.03. The standard InChI is InChI=1S/C21H26N4O2/c1-17(18-7-5-9-22-14-18)24(2)15-19-6-4-8-20(26-3)21(19)27-13-12-25-11-10-23-16-25/h4-11,14,16-17H,12-13,15H2,1-3H3. The number of nitrogens with zero attached hydrogens (tertiary/aromatic N) is 4. The summed E-state index contributed by atoms with van der Waals surface area (Å²) in [5.74, 6) is 1.55. The van der Waals surface area contributed by atoms with E-state index in [1.165, 1.54) is 5.56 Å². The number of methoxy groups -OCH3 is 1. The van der Waals surface area contributed by atoms with Crippen molar-refractivity contribution in [3.8, 4) is 11.5 Å². The summed E-state index contributed by atoms with van der Waals surface area (Å²) in [7, 11) is 3.77. The molecule has 1 atom stereocenters. The Hall–Kier alpha value is -2.86. The Morgan fingerprint density at radius 2 is 2.04 bits per heavy atom. The van der Waals surface area contributed by atoms with E-state index in [0.717, 1.165) is 30.2 Å². The summed E-state index contributed by atoms with van der Waals surface area (Å²) in [6, 6.07) is 10.3. The Kier molecular flexibility index (Phi) is 6.44. The van der Waals surface area contributed by atoms with E-state index in [4.69, 9.17) is 9.47 Å². The van der Waals surface area contributed by atoms with E-state index in [9.17, 15) is 0 Å². The summed E-state index contributed by atoms with van der Waals surface area (Å²) in [6.07, 6.45) is 9.19. The first-order valence-corrected chi connectivity index (χ1v) is 9.03. The molecule has 2 heterocycles. The molecule has 27 heavy (non-hydrogen) atoms. The highest BCUT2D eigenvalue weighted by Gasteiger charge is 2.17. The van der Waals surface area contributed by atoms with Gasteiger partial charge < -0.3 is 14.0 Å². The van der Waals surface area contributed by atoms with Crippen molar-refractivity contribution in [1.82, 2.24) is 19.4 Å². The minimum Gasteiger partial charge on any atom is -0.493 e. The number of para-hydroxylation sites is 1. The average molecular weight is 366 g/mol. The van der Waals surface area contributed by atoms with Crippen LogP contribution in [0.5, 0.6) is 11.5 Å². The van der Waals surface area contributed by atoms with Gasteiger partial charge in [0.15, 0.2) is 11.5 Å². The molecule has 1 aromatic carbocycles. The molecule has 0 radical (unpaired) electrons. The van der Waals surface area contributed by atoms with Gasteiger partial charge in [-0.1, -0.05) is 18.2 Å². The molecular formula is C21H26N4O2. The molecular weight excluding hydrogens is 340 g/mol. The fourth-order valence-electron chi connectivity index (χ4n) is 2.97. The van der Waals surface area contributed by atoms with Gasteiger partial charge in [0, 0.05) is 42.9 Å². The molecule has 3 rings (SSSR count). The molecule has 1 unspecified atom stereocenters. The van der Waals surface area contributed by atoms with Gasteiger partial charge in [-0.25, -0.2) is 4.98 Å². The van der Waals surface area contributed by atoms with E-state index < -0.39 is 0 Å². The summed E-state index contributed by atoms with van der Waals surface area (Å²) in [6.45, 7) is 4.20. The van der Waals surface area contributed by atoms with Crippen molar-refractivity contribution >= 4 is 0 Å². The van der Waals surface area contributed by atoms with E-state index in [2.05, 4.69) is 41.0 Å². The van der Waals surface area contributed by atoms with Crippen molar-refractivity contribution in [2.45, 2.75) is 26.1 Å². The van der Waals surface area contributed by atoms with Crippen LogP contribution in [0.2, 0.25) is 0 Å². The van der Waals surface area contributed by atoms with Gasteiger partial charge >= 0.3 is 0 Å². The van der Waals surface area contributed by atoms with Crippen LogP contribution in [-0.4, -0.2) is 40.2 Å². The fourth-order valence-corrected chi connectivity index (χ4v) is 2.97. The van der Waals surface area contributed by atoms with Crippen LogP contribution in [0.1, 0.15) is 24.1 Å². The van der Waals surface area contributed by atoms with Crippen molar-refractivity contribution in [2.24, 2.45) is 0 Å². The quantitative estimate of drug-likeness (QED) is 0.580. The molecule has 6 heteroatoms. The number of pyridine rings is 1. The molecule has 0 fully saturated rings. The van der Waals surface area contributed by atoms with Crippen molar-refractivity contribution in [1.29, 1.82) is 0 Å². The molecule has 142 valence electrons. The van der Waals surface area contributed by atoms with Gasteiger partial charge in [0.2, 0.25) is 0 Å². The van der Waals surface area contributed by atoms with Gasteiger partial charge in [0.25, 0.3) is 0 Å². The maximum absolute atomic E-state index is 6.11. The second kappa shape index (κ2) is 9.19. The Labute approximate surface area is 160 Å². The van der Waals surface area contributed by atoms with E-state index in [-0.39, 0.29) is 6.04 Å². The molecule has 6 nitrogen and oxygen atoms in total. The molecule has 0 aliphatic carbocycles. The number of aromatic nitrogens is 3. The molecule has 0 aliphatic heterocycles. The van der Waals surface area contributed by atoms with E-state index in [1.54, 1.807) is 25.8 Å². The number of hydrogen-bond acceptors (Lipinski definition) is 5. The zero-order valence-corrected chi connectivity index (χ0v) is 16.1. The van der Waals surface area contributed by atoms with Gasteiger partial charge in [-0.15, -0.1) is 0 Å². The van der Waals surface area contributed by atoms with Crippen LogP contribution >= 0.6 is 0 Å². The first-order chi connectivity index (χ1) is 13.2. The Morgan fingerprint density at radius 1 is 1.15 bits per heavy atom. The number of hydrogen-bond donors (Lipinski definition) is 0. The largest absolute Gasteiger partial charge is 0.493 e. The number of benzene rings is 1. The van der Waals surface area contributed by atoms with Crippen molar-refractivity contribution in [3.63, 3.8) is 0 Å². The van der Waals surface area contributed by atoms with Crippen LogP contribution in [-0.2, 0) is 13.1 Å². The third kappa shape index (κ3) is 4.86. The molecule has 3 aromatic rings. The predicted octanol–water partition coefficient (Wildman–Crippen LogP) is 3.56. The SMILES string of the molecule is COc1cccc(CN(C)C(C)c2cccnc2)c1OCCn1ccnc1. The predicted molar refractivity (Wildman–Crippen MR) is 105 cm³/mol. The second-order valence-electron chi connectivity index (χ2n) is 6.47. The van der Waals surface area contributed by atoms with Crippen LogP contribution in [0.25, 0.3) is 0 Å². The van der Waals surface area contributed by atoms with Crippen LogP contribution in [0.4, 0.5) is 0 Å². The Morgan fingerprint density at radius 3 is 2.74 bits per heavy atom. The lowest BCUT2D eigenvalue weighted by molar-refractivity contribution is 0.237. The summed E-state index contributed by atoms with van der Waals surface area (Å²) < 4.78 is 13.6. The van der Waals surface area contributed by atoms with Crippen LogP contribution in [0.3, 0.4) is 0 Å². The van der Waals surface area contributed by atoms with Gasteiger partial charge in [-0.2, -0.15) is 0 Å². The molecule has 0 N–H and O–H groups in total. The minimum atomic E-state index is 0.240. The smallest absolute Gasteiger partial charge is 0.165 e. The minimum absolute atomic E-state index is 0.240. The first kappa shape index (κ1) is 18.9. The lowest BCUT2D eigenvalue weighted by Crippen LogP contribution is -2.22. The molecule has 2 aromatic heterocycles. The highest BCUT2D eigenvalue weighted by Crippen LogP contribution is 2.33. The average Bonchev–Trinajstić information content (AvgIpc) is 3.22. The zero-order chi connectivity index (χ0) is 19.1. The molecule has 0 bridgehead atoms. The normalized spacial score (nSPS) is 12.1. The topological polar surface area (TPSA) is 52.4 Å². The molecule has 0 spiro atoms. The van der Waals surface area contributed by atoms with Crippen LogP contribution < -0.4 is 9.47 Å². The summed E-state index contributed by atoms with van der Waals surface area (Å²) in [4.78, 5) is 10.6. The third-order valence-corrected chi connectivity index (χ3v) is 4.68. The van der Waals surface area contributed by atoms with E-state index >= 15 is 0 Å². The highest BCUT2D eigenvalue weighted by molar-refractivity contribution is 5.46. The second-order valence-corrected chi connectivity index (χ2v) is 6.47. The lowest BCUT2D eigenvalue weighted by Gasteiger charge is -2.26. The number of ether oxygens (including phenoxy) is 2. The van der Waals surface area contributed by atoms with Gasteiger partial charge in [0.05, 0.1) is 20.0 Å². The summed E-state index contributed by atoms with van der Waals surface area (Å²) in [5.41, 5.74) is 2.28. The maximum atomic E-state index is 6.11. The van der Waals surface area contributed by atoms with Crippen LogP contribution in [0, 0.1) is 0 Å². The Bertz CT molecular complexity index is 821. The fraction of sp³-hybridized carbons (Fsp3) is 0.333. The summed E-state index contributed by atoms with van der Waals surface area (Å²) in [5, 5.41) is 0. The van der Waals surface area contributed by atoms with Crippen LogP contribution in [0.15, 0.2) is 61.4 Å². The van der Waals surface area contributed by atoms with Gasteiger partial charge in [-0.05, 0) is 31.7 Å². The van der Waals surface area contributed by atoms with Crippen molar-refractivity contribution in [2.75, 3.05) is 20.8 Å². The van der Waals surface area contributed by atoms with Gasteiger partial charge in [0.1, 0.15) is 6.61 Å². The van der Waals surface area contributed by atoms with Crippen molar-refractivity contribution < 1.29 is 9.47 Å². The molecule has 0 amide bonds. The molecule has 0 saturated heterocycles. The van der Waals surface area contributed by atoms with Gasteiger partial charge in [-0.3, -0.25) is 9.88 Å².